The van der Waals surface area contributed by atoms with E-state index in [1.54, 1.807) is 0 Å². The molecule has 1 saturated carbocycles. The van der Waals surface area contributed by atoms with Crippen LogP contribution in [-0.2, 0) is 0 Å². The van der Waals surface area contributed by atoms with E-state index in [-0.39, 0.29) is 0 Å². The predicted molar refractivity (Wildman–Crippen MR) is 78.9 cm³/mol. The number of hydrogen-bond acceptors (Lipinski definition) is 2. The highest BCUT2D eigenvalue weighted by atomic mass is 15.2. The third kappa shape index (κ3) is 2.50. The Bertz CT molecular complexity index is 565. The van der Waals surface area contributed by atoms with Crippen LogP contribution in [-0.4, -0.2) is 9.55 Å². The molecular weight excluding hydrogens is 234 g/mol. The van der Waals surface area contributed by atoms with Crippen molar-refractivity contribution < 1.29 is 0 Å². The van der Waals surface area contributed by atoms with Gasteiger partial charge in [0.2, 0.25) is 5.95 Å². The van der Waals surface area contributed by atoms with E-state index in [4.69, 9.17) is 0 Å². The molecule has 1 aliphatic rings. The van der Waals surface area contributed by atoms with Gasteiger partial charge >= 0.3 is 0 Å². The molecule has 3 nitrogen and oxygen atoms in total. The average Bonchev–Trinajstić information content (AvgIpc) is 3.04. The summed E-state index contributed by atoms with van der Waals surface area (Å²) in [7, 11) is 0. The van der Waals surface area contributed by atoms with Crippen molar-refractivity contribution in [3.05, 3.63) is 41.7 Å². The minimum absolute atomic E-state index is 0.622. The molecule has 19 heavy (non-hydrogen) atoms. The number of nitrogens with zero attached hydrogens (tertiary/aromatic N) is 2. The van der Waals surface area contributed by atoms with E-state index >= 15 is 0 Å². The Kier molecular flexibility index (Phi) is 3.28. The number of anilines is 2. The van der Waals surface area contributed by atoms with Gasteiger partial charge in [-0.15, -0.1) is 0 Å². The van der Waals surface area contributed by atoms with Gasteiger partial charge in [-0.25, -0.2) is 4.98 Å². The molecule has 1 aromatic carbocycles. The maximum atomic E-state index is 4.46. The lowest BCUT2D eigenvalue weighted by molar-refractivity contribution is 0.525. The van der Waals surface area contributed by atoms with Crippen LogP contribution in [0.4, 0.5) is 11.6 Å². The Hall–Kier alpha value is -1.77. The van der Waals surface area contributed by atoms with Gasteiger partial charge in [0.25, 0.3) is 0 Å². The largest absolute Gasteiger partial charge is 0.326 e. The summed E-state index contributed by atoms with van der Waals surface area (Å²) < 4.78 is 2.29. The van der Waals surface area contributed by atoms with Gasteiger partial charge in [0.05, 0.1) is 0 Å². The lowest BCUT2D eigenvalue weighted by Gasteiger charge is -2.16. The molecule has 1 N–H and O–H groups in total. The maximum Gasteiger partial charge on any atom is 0.207 e. The summed E-state index contributed by atoms with van der Waals surface area (Å²) in [6, 6.07) is 7.08. The lowest BCUT2D eigenvalue weighted by Crippen LogP contribution is -2.08. The zero-order valence-electron chi connectivity index (χ0n) is 11.7. The van der Waals surface area contributed by atoms with Crippen molar-refractivity contribution >= 4 is 11.6 Å². The van der Waals surface area contributed by atoms with Crippen molar-refractivity contribution in [3.63, 3.8) is 0 Å². The first kappa shape index (κ1) is 12.3. The van der Waals surface area contributed by atoms with Crippen molar-refractivity contribution in [2.24, 2.45) is 0 Å². The number of imidazole rings is 1. The zero-order valence-corrected chi connectivity index (χ0v) is 11.7. The normalized spacial score (nSPS) is 15.9. The molecule has 1 heterocycles. The molecule has 1 fully saturated rings. The topological polar surface area (TPSA) is 29.9 Å². The number of rotatable bonds is 3. The number of aryl methyl sites for hydroxylation is 2. The zero-order chi connectivity index (χ0) is 13.2. The fourth-order valence-electron chi connectivity index (χ4n) is 2.84. The minimum atomic E-state index is 0.622. The fourth-order valence-corrected chi connectivity index (χ4v) is 2.84. The molecular formula is C16H21N3. The Morgan fingerprint density at radius 1 is 1.16 bits per heavy atom. The van der Waals surface area contributed by atoms with Crippen molar-refractivity contribution in [1.82, 2.24) is 9.55 Å². The van der Waals surface area contributed by atoms with Gasteiger partial charge in [0, 0.05) is 24.1 Å². The van der Waals surface area contributed by atoms with Crippen LogP contribution in [0.2, 0.25) is 0 Å². The van der Waals surface area contributed by atoms with E-state index in [9.17, 15) is 0 Å². The molecule has 0 spiro atoms. The monoisotopic (exact) mass is 255 g/mol. The molecule has 0 atom stereocenters. The summed E-state index contributed by atoms with van der Waals surface area (Å²) in [5.41, 5.74) is 3.75. The molecule has 0 saturated heterocycles. The van der Waals surface area contributed by atoms with E-state index in [0.717, 1.165) is 11.6 Å². The van der Waals surface area contributed by atoms with Crippen molar-refractivity contribution in [2.45, 2.75) is 45.6 Å². The van der Waals surface area contributed by atoms with Gasteiger partial charge in [0.15, 0.2) is 0 Å². The third-order valence-corrected chi connectivity index (χ3v) is 4.15. The minimum Gasteiger partial charge on any atom is -0.326 e. The first-order valence-electron chi connectivity index (χ1n) is 7.11. The average molecular weight is 255 g/mol. The standard InChI is InChI=1S/C16H21N3/c1-12-7-8-14(11-13(12)2)18-16-17-9-10-19(16)15-5-3-4-6-15/h7-11,15H,3-6H2,1-2H3,(H,17,18). The van der Waals surface area contributed by atoms with E-state index in [0.29, 0.717) is 6.04 Å². The molecule has 3 heteroatoms. The SMILES string of the molecule is Cc1ccc(Nc2nccn2C2CCCC2)cc1C. The first-order chi connectivity index (χ1) is 9.24. The van der Waals surface area contributed by atoms with Gasteiger partial charge in [-0.05, 0) is 49.9 Å². The molecule has 100 valence electrons. The van der Waals surface area contributed by atoms with Crippen LogP contribution in [0, 0.1) is 13.8 Å². The van der Waals surface area contributed by atoms with E-state index < -0.39 is 0 Å². The molecule has 0 bridgehead atoms. The Balaban J connectivity index is 1.83. The Morgan fingerprint density at radius 3 is 2.68 bits per heavy atom. The highest BCUT2D eigenvalue weighted by Crippen LogP contribution is 2.32. The van der Waals surface area contributed by atoms with Crippen LogP contribution in [0.5, 0.6) is 0 Å². The van der Waals surface area contributed by atoms with Crippen LogP contribution in [0.15, 0.2) is 30.6 Å². The summed E-state index contributed by atoms with van der Waals surface area (Å²) in [5.74, 6) is 0.968. The summed E-state index contributed by atoms with van der Waals surface area (Å²) >= 11 is 0. The number of aromatic nitrogens is 2. The van der Waals surface area contributed by atoms with Crippen LogP contribution in [0.1, 0.15) is 42.9 Å². The third-order valence-electron chi connectivity index (χ3n) is 4.15. The molecule has 1 aromatic heterocycles. The smallest absolute Gasteiger partial charge is 0.207 e. The van der Waals surface area contributed by atoms with Crippen molar-refractivity contribution in [2.75, 3.05) is 5.32 Å². The number of benzene rings is 1. The molecule has 0 aliphatic heterocycles. The van der Waals surface area contributed by atoms with Gasteiger partial charge in [-0.1, -0.05) is 18.9 Å². The molecule has 0 amide bonds. The Labute approximate surface area is 114 Å². The molecule has 0 unspecified atom stereocenters. The quantitative estimate of drug-likeness (QED) is 0.883. The van der Waals surface area contributed by atoms with Gasteiger partial charge in [-0.3, -0.25) is 0 Å². The van der Waals surface area contributed by atoms with Crippen LogP contribution in [0.3, 0.4) is 0 Å². The highest BCUT2D eigenvalue weighted by molar-refractivity contribution is 5.56. The van der Waals surface area contributed by atoms with Crippen molar-refractivity contribution in [3.8, 4) is 0 Å². The summed E-state index contributed by atoms with van der Waals surface area (Å²) in [6.45, 7) is 4.28. The predicted octanol–water partition coefficient (Wildman–Crippen LogP) is 4.36. The highest BCUT2D eigenvalue weighted by Gasteiger charge is 2.19. The fraction of sp³-hybridized carbons (Fsp3) is 0.438. The van der Waals surface area contributed by atoms with Crippen molar-refractivity contribution in [1.29, 1.82) is 0 Å². The van der Waals surface area contributed by atoms with Crippen LogP contribution >= 0.6 is 0 Å². The van der Waals surface area contributed by atoms with Crippen LogP contribution in [0.25, 0.3) is 0 Å². The van der Waals surface area contributed by atoms with Gasteiger partial charge in [0.1, 0.15) is 0 Å². The lowest BCUT2D eigenvalue weighted by atomic mass is 10.1. The number of nitrogens with one attached hydrogen (secondary N) is 1. The molecule has 2 aromatic rings. The summed E-state index contributed by atoms with van der Waals surface area (Å²) in [5, 5.41) is 3.45. The van der Waals surface area contributed by atoms with Gasteiger partial charge < -0.3 is 9.88 Å². The summed E-state index contributed by atoms with van der Waals surface area (Å²) in [6.07, 6.45) is 9.22. The summed E-state index contributed by atoms with van der Waals surface area (Å²) in [4.78, 5) is 4.46. The second-order valence-corrected chi connectivity index (χ2v) is 5.52. The second-order valence-electron chi connectivity index (χ2n) is 5.52. The van der Waals surface area contributed by atoms with E-state index in [2.05, 4.69) is 53.1 Å². The molecule has 1 aliphatic carbocycles. The van der Waals surface area contributed by atoms with Gasteiger partial charge in [-0.2, -0.15) is 0 Å². The van der Waals surface area contributed by atoms with Crippen LogP contribution < -0.4 is 5.32 Å². The first-order valence-corrected chi connectivity index (χ1v) is 7.11. The number of hydrogen-bond donors (Lipinski definition) is 1. The second kappa shape index (κ2) is 5.08. The maximum absolute atomic E-state index is 4.46. The molecule has 3 rings (SSSR count). The Morgan fingerprint density at radius 2 is 1.95 bits per heavy atom. The van der Waals surface area contributed by atoms with E-state index in [1.165, 1.54) is 36.8 Å². The van der Waals surface area contributed by atoms with E-state index in [1.807, 2.05) is 6.20 Å². The molecule has 0 radical (unpaired) electrons.